The number of anilines is 1. The Morgan fingerprint density at radius 2 is 1.97 bits per heavy atom. The van der Waals surface area contributed by atoms with Gasteiger partial charge in [-0.05, 0) is 56.7 Å². The summed E-state index contributed by atoms with van der Waals surface area (Å²) in [5, 5.41) is 0.400. The van der Waals surface area contributed by atoms with E-state index in [1.807, 2.05) is 13.8 Å². The van der Waals surface area contributed by atoms with Crippen LogP contribution in [0.2, 0.25) is 5.02 Å². The van der Waals surface area contributed by atoms with Gasteiger partial charge in [0, 0.05) is 18.1 Å². The van der Waals surface area contributed by atoms with Gasteiger partial charge in [-0.15, -0.1) is 11.3 Å². The molecule has 0 atom stereocenters. The maximum atomic E-state index is 12.8. The van der Waals surface area contributed by atoms with Gasteiger partial charge in [0.2, 0.25) is 5.91 Å². The number of carbonyl (C=O) groups is 1. The van der Waals surface area contributed by atoms with E-state index in [1.54, 1.807) is 42.2 Å². The Hall–Kier alpha value is -1.81. The number of sulfonamides is 1. The first-order valence-electron chi connectivity index (χ1n) is 9.34. The summed E-state index contributed by atoms with van der Waals surface area (Å²) < 4.78 is 29.8. The van der Waals surface area contributed by atoms with E-state index < -0.39 is 10.0 Å². The van der Waals surface area contributed by atoms with Crippen molar-refractivity contribution in [3.8, 4) is 0 Å². The lowest BCUT2D eigenvalue weighted by Gasteiger charge is -2.17. The summed E-state index contributed by atoms with van der Waals surface area (Å²) in [7, 11) is -3.77. The molecule has 1 N–H and O–H groups in total. The van der Waals surface area contributed by atoms with Gasteiger partial charge in [-0.2, -0.15) is 0 Å². The quantitative estimate of drug-likeness (QED) is 0.455. The minimum Gasteiger partial charge on any atom is -0.343 e. The minimum absolute atomic E-state index is 0.0783. The number of carbonyl (C=O) groups excluding carboxylic acids is 1. The molecule has 0 saturated heterocycles. The van der Waals surface area contributed by atoms with E-state index in [1.165, 1.54) is 29.2 Å². The van der Waals surface area contributed by atoms with Gasteiger partial charge in [-0.3, -0.25) is 9.52 Å². The summed E-state index contributed by atoms with van der Waals surface area (Å²) in [5.41, 5.74) is 1.71. The number of halogens is 1. The molecule has 3 aromatic rings. The largest absolute Gasteiger partial charge is 0.343 e. The Balaban J connectivity index is 1.77. The summed E-state index contributed by atoms with van der Waals surface area (Å²) in [6.45, 7) is 6.96. The van der Waals surface area contributed by atoms with Crippen molar-refractivity contribution in [1.82, 2.24) is 9.88 Å². The van der Waals surface area contributed by atoms with Crippen LogP contribution in [0.15, 0.2) is 45.6 Å². The molecule has 0 aliphatic heterocycles. The number of thioether (sulfide) groups is 1. The van der Waals surface area contributed by atoms with Crippen LogP contribution in [0, 0.1) is 6.92 Å². The van der Waals surface area contributed by atoms with Gasteiger partial charge in [0.05, 0.1) is 26.6 Å². The average molecular weight is 484 g/mol. The van der Waals surface area contributed by atoms with Gasteiger partial charge < -0.3 is 4.90 Å². The van der Waals surface area contributed by atoms with Gasteiger partial charge in [0.25, 0.3) is 10.0 Å². The second-order valence-electron chi connectivity index (χ2n) is 6.49. The number of hydrogen-bond donors (Lipinski definition) is 1. The van der Waals surface area contributed by atoms with E-state index in [2.05, 4.69) is 9.71 Å². The summed E-state index contributed by atoms with van der Waals surface area (Å²) in [4.78, 5) is 18.6. The maximum Gasteiger partial charge on any atom is 0.262 e. The lowest BCUT2D eigenvalue weighted by Crippen LogP contribution is -2.31. The van der Waals surface area contributed by atoms with Crippen LogP contribution in [0.5, 0.6) is 0 Å². The molecule has 2 aromatic carbocycles. The zero-order valence-corrected chi connectivity index (χ0v) is 20.0. The van der Waals surface area contributed by atoms with E-state index in [4.69, 9.17) is 11.6 Å². The van der Waals surface area contributed by atoms with Crippen LogP contribution in [0.1, 0.15) is 19.4 Å². The summed E-state index contributed by atoms with van der Waals surface area (Å²) in [6.07, 6.45) is 0. The minimum atomic E-state index is -3.77. The maximum absolute atomic E-state index is 12.8. The lowest BCUT2D eigenvalue weighted by atomic mass is 10.2. The van der Waals surface area contributed by atoms with Crippen LogP contribution in [0.4, 0.5) is 5.69 Å². The molecule has 0 saturated carbocycles. The highest BCUT2D eigenvalue weighted by Crippen LogP contribution is 2.32. The summed E-state index contributed by atoms with van der Waals surface area (Å²) >= 11 is 8.89. The molecule has 3 rings (SSSR count). The zero-order valence-electron chi connectivity index (χ0n) is 16.8. The van der Waals surface area contributed by atoms with Crippen molar-refractivity contribution in [1.29, 1.82) is 0 Å². The molecule has 1 heterocycles. The normalized spacial score (nSPS) is 11.6. The smallest absolute Gasteiger partial charge is 0.262 e. The molecular weight excluding hydrogens is 462 g/mol. The molecule has 0 fully saturated rings. The fourth-order valence-electron chi connectivity index (χ4n) is 2.91. The van der Waals surface area contributed by atoms with E-state index in [-0.39, 0.29) is 10.8 Å². The molecule has 1 aromatic heterocycles. The van der Waals surface area contributed by atoms with Crippen LogP contribution in [0.25, 0.3) is 10.2 Å². The van der Waals surface area contributed by atoms with E-state index in [0.717, 1.165) is 14.6 Å². The van der Waals surface area contributed by atoms with Crippen molar-refractivity contribution in [2.45, 2.75) is 30.0 Å². The Labute approximate surface area is 189 Å². The first-order chi connectivity index (χ1) is 14.2. The molecule has 0 radical (unpaired) electrons. The second kappa shape index (κ2) is 9.55. The van der Waals surface area contributed by atoms with Gasteiger partial charge in [-0.25, -0.2) is 13.4 Å². The van der Waals surface area contributed by atoms with Gasteiger partial charge in [-0.1, -0.05) is 29.4 Å². The molecule has 10 heteroatoms. The molecular formula is C20H22ClN3O3S3. The number of hydrogen-bond acceptors (Lipinski definition) is 6. The predicted molar refractivity (Wildman–Crippen MR) is 125 cm³/mol. The molecule has 0 bridgehead atoms. The van der Waals surface area contributed by atoms with Crippen molar-refractivity contribution in [2.75, 3.05) is 23.6 Å². The van der Waals surface area contributed by atoms with Crippen LogP contribution < -0.4 is 4.72 Å². The van der Waals surface area contributed by atoms with Crippen molar-refractivity contribution < 1.29 is 13.2 Å². The van der Waals surface area contributed by atoms with Crippen LogP contribution in [0.3, 0.4) is 0 Å². The molecule has 160 valence electrons. The number of benzene rings is 2. The number of aromatic nitrogens is 1. The first kappa shape index (κ1) is 22.9. The van der Waals surface area contributed by atoms with Crippen LogP contribution >= 0.6 is 34.7 Å². The number of nitrogens with one attached hydrogen (secondary N) is 1. The molecule has 0 aliphatic rings. The molecule has 30 heavy (non-hydrogen) atoms. The molecule has 1 amide bonds. The van der Waals surface area contributed by atoms with Crippen molar-refractivity contribution in [3.05, 3.63) is 47.0 Å². The SMILES string of the molecule is CCN(CC)C(=O)CSc1nc2ccc(NS(=O)(=O)c3cccc(Cl)c3C)cc2s1. The topological polar surface area (TPSA) is 79.4 Å². The predicted octanol–water partition coefficient (Wildman–Crippen LogP) is 5.02. The number of rotatable bonds is 8. The monoisotopic (exact) mass is 483 g/mol. The van der Waals surface area contributed by atoms with E-state index >= 15 is 0 Å². The third-order valence-electron chi connectivity index (χ3n) is 4.56. The van der Waals surface area contributed by atoms with E-state index in [0.29, 0.717) is 35.1 Å². The van der Waals surface area contributed by atoms with Crippen LogP contribution in [-0.4, -0.2) is 43.1 Å². The third-order valence-corrected chi connectivity index (χ3v) is 8.64. The first-order valence-corrected chi connectivity index (χ1v) is 13.0. The van der Waals surface area contributed by atoms with Crippen LogP contribution in [-0.2, 0) is 14.8 Å². The van der Waals surface area contributed by atoms with Gasteiger partial charge >= 0.3 is 0 Å². The lowest BCUT2D eigenvalue weighted by molar-refractivity contribution is -0.127. The van der Waals surface area contributed by atoms with E-state index in [9.17, 15) is 13.2 Å². The van der Waals surface area contributed by atoms with Gasteiger partial charge in [0.1, 0.15) is 0 Å². The number of amides is 1. The Bertz CT molecular complexity index is 1170. The standard InChI is InChI=1S/C20H22ClN3O3S3/c1-4-24(5-2)19(25)12-28-20-22-16-10-9-14(11-17(16)29-20)23-30(26,27)18-8-6-7-15(21)13(18)3/h6-11,23H,4-5,12H2,1-3H3. The fraction of sp³-hybridized carbons (Fsp3) is 0.300. The fourth-order valence-corrected chi connectivity index (χ4v) is 6.47. The summed E-state index contributed by atoms with van der Waals surface area (Å²) in [6, 6.07) is 9.99. The average Bonchev–Trinajstić information content (AvgIpc) is 3.11. The number of thiazole rings is 1. The Morgan fingerprint density at radius 3 is 2.67 bits per heavy atom. The second-order valence-corrected chi connectivity index (χ2v) is 10.8. The third kappa shape index (κ3) is 5.08. The Kier molecular flexibility index (Phi) is 7.28. The zero-order chi connectivity index (χ0) is 21.9. The number of nitrogens with zero attached hydrogens (tertiary/aromatic N) is 2. The van der Waals surface area contributed by atoms with Gasteiger partial charge in [0.15, 0.2) is 4.34 Å². The molecule has 6 nitrogen and oxygen atoms in total. The molecule has 0 unspecified atom stereocenters. The summed E-state index contributed by atoms with van der Waals surface area (Å²) in [5.74, 6) is 0.407. The Morgan fingerprint density at radius 1 is 1.23 bits per heavy atom. The highest BCUT2D eigenvalue weighted by atomic mass is 35.5. The number of fused-ring (bicyclic) bond motifs is 1. The van der Waals surface area contributed by atoms with Crippen molar-refractivity contribution in [2.24, 2.45) is 0 Å². The van der Waals surface area contributed by atoms with Crippen molar-refractivity contribution >= 4 is 66.5 Å². The molecule has 0 spiro atoms. The van der Waals surface area contributed by atoms with Crippen molar-refractivity contribution in [3.63, 3.8) is 0 Å². The molecule has 0 aliphatic carbocycles. The highest BCUT2D eigenvalue weighted by Gasteiger charge is 2.19. The highest BCUT2D eigenvalue weighted by molar-refractivity contribution is 8.01.